The first-order valence-electron chi connectivity index (χ1n) is 9.92. The number of allylic oxidation sites excluding steroid dienone is 3. The molecular weight excluding hydrogens is 393 g/mol. The van der Waals surface area contributed by atoms with Gasteiger partial charge in [0.15, 0.2) is 5.21 Å². The van der Waals surface area contributed by atoms with Crippen LogP contribution in [-0.4, -0.2) is 27.3 Å². The van der Waals surface area contributed by atoms with Crippen LogP contribution in [0.5, 0.6) is 0 Å². The number of nitro groups is 1. The lowest BCUT2D eigenvalue weighted by Gasteiger charge is -2.43. The third-order valence-electron chi connectivity index (χ3n) is 7.49. The Morgan fingerprint density at radius 1 is 1.21 bits per heavy atom. The lowest BCUT2D eigenvalue weighted by atomic mass is 9.62. The Bertz CT molecular complexity index is 927. The molecule has 0 aromatic carbocycles. The van der Waals surface area contributed by atoms with Gasteiger partial charge in [-0.05, 0) is 31.6 Å². The van der Waals surface area contributed by atoms with Gasteiger partial charge in [0.1, 0.15) is 11.3 Å². The maximum atomic E-state index is 12.5. The summed E-state index contributed by atoms with van der Waals surface area (Å²) in [5, 5.41) is 21.3. The molecule has 6 rings (SSSR count). The summed E-state index contributed by atoms with van der Waals surface area (Å²) in [6.07, 6.45) is 11.0. The normalized spacial score (nSPS) is 42.3. The summed E-state index contributed by atoms with van der Waals surface area (Å²) in [6, 6.07) is 0.251. The lowest BCUT2D eigenvalue weighted by molar-refractivity contribution is -0.782. The number of aryl methyl sites for hydroxylation is 1. The largest absolute Gasteiger partial charge is 0.673 e. The van der Waals surface area contributed by atoms with Gasteiger partial charge < -0.3 is 17.3 Å². The van der Waals surface area contributed by atoms with E-state index in [1.807, 2.05) is 11.6 Å². The zero-order valence-electron chi connectivity index (χ0n) is 15.6. The highest BCUT2D eigenvalue weighted by atomic mass is 19.5. The van der Waals surface area contributed by atoms with Crippen molar-refractivity contribution in [3.63, 3.8) is 0 Å². The Labute approximate surface area is 163 Å². The van der Waals surface area contributed by atoms with Crippen LogP contribution in [0.2, 0.25) is 0 Å². The first-order valence-corrected chi connectivity index (χ1v) is 9.92. The van der Waals surface area contributed by atoms with E-state index in [9.17, 15) is 27.4 Å². The van der Waals surface area contributed by atoms with E-state index in [4.69, 9.17) is 0 Å². The van der Waals surface area contributed by atoms with E-state index in [0.29, 0.717) is 30.2 Å². The minimum absolute atomic E-state index is 0.0130. The molecule has 2 heterocycles. The van der Waals surface area contributed by atoms with E-state index in [1.54, 1.807) is 4.68 Å². The third-order valence-corrected chi connectivity index (χ3v) is 7.49. The van der Waals surface area contributed by atoms with Gasteiger partial charge in [-0.3, -0.25) is 10.1 Å². The molecule has 12 heteroatoms. The molecule has 2 fully saturated rings. The quantitative estimate of drug-likeness (QED) is 0.187. The van der Waals surface area contributed by atoms with Crippen molar-refractivity contribution in [2.75, 3.05) is 0 Å². The maximum absolute atomic E-state index is 12.5. The molecule has 1 aliphatic heterocycles. The van der Waals surface area contributed by atoms with Crippen molar-refractivity contribution in [2.24, 2.45) is 35.5 Å². The summed E-state index contributed by atoms with van der Waals surface area (Å²) in [4.78, 5) is 12.6. The van der Waals surface area contributed by atoms with Crippen molar-refractivity contribution in [3.05, 3.63) is 40.2 Å². The van der Waals surface area contributed by atoms with E-state index in [2.05, 4.69) is 34.7 Å². The maximum Gasteiger partial charge on any atom is 0.673 e. The van der Waals surface area contributed by atoms with Gasteiger partial charge in [0.25, 0.3) is 0 Å². The van der Waals surface area contributed by atoms with Crippen molar-refractivity contribution in [3.8, 4) is 0 Å². The van der Waals surface area contributed by atoms with Gasteiger partial charge in [-0.25, -0.2) is 0 Å². The van der Waals surface area contributed by atoms with Crippen LogP contribution in [0, 0.1) is 45.6 Å². The van der Waals surface area contributed by atoms with E-state index in [1.165, 1.54) is 0 Å². The van der Waals surface area contributed by atoms with Crippen molar-refractivity contribution >= 4 is 7.25 Å². The predicted octanol–water partition coefficient (Wildman–Crippen LogP) is 2.56. The number of nitrogens with zero attached hydrogens (tertiary/aromatic N) is 5. The molecule has 0 N–H and O–H groups in total. The summed E-state index contributed by atoms with van der Waals surface area (Å²) < 4.78 is 42.7. The molecule has 1 aromatic rings. The molecule has 1 aromatic heterocycles. The molecule has 7 nitrogen and oxygen atoms in total. The second-order valence-electron chi connectivity index (χ2n) is 8.57. The molecule has 5 aliphatic rings. The summed E-state index contributed by atoms with van der Waals surface area (Å²) in [7, 11) is -6.00. The fourth-order valence-electron chi connectivity index (χ4n) is 6.88. The van der Waals surface area contributed by atoms with Crippen LogP contribution in [0.25, 0.3) is 0 Å². The van der Waals surface area contributed by atoms with Crippen LogP contribution < -0.4 is 4.68 Å². The molecule has 0 unspecified atom stereocenters. The summed E-state index contributed by atoms with van der Waals surface area (Å²) in [5.41, 5.74) is -1.04. The predicted molar refractivity (Wildman–Crippen MR) is 92.2 cm³/mol. The second-order valence-corrected chi connectivity index (χ2v) is 8.57. The third kappa shape index (κ3) is 2.34. The van der Waals surface area contributed by atoms with E-state index >= 15 is 0 Å². The second kappa shape index (κ2) is 5.88. The van der Waals surface area contributed by atoms with Gasteiger partial charge in [-0.15, -0.1) is 4.68 Å². The zero-order valence-corrected chi connectivity index (χ0v) is 15.6. The molecule has 0 radical (unpaired) electrons. The zero-order chi connectivity index (χ0) is 20.7. The monoisotopic (exact) mass is 413 g/mol. The van der Waals surface area contributed by atoms with Crippen LogP contribution in [0.3, 0.4) is 0 Å². The topological polar surface area (TPSA) is 77.7 Å². The molecule has 29 heavy (non-hydrogen) atoms. The number of rotatable bonds is 2. The average molecular weight is 413 g/mol. The molecule has 0 saturated heterocycles. The van der Waals surface area contributed by atoms with E-state index in [-0.39, 0.29) is 22.8 Å². The first kappa shape index (κ1) is 18.7. The van der Waals surface area contributed by atoms with Crippen LogP contribution in [0.15, 0.2) is 24.3 Å². The van der Waals surface area contributed by atoms with Crippen molar-refractivity contribution in [1.29, 1.82) is 0 Å². The molecule has 0 spiro atoms. The number of hydrogen-bond donors (Lipinski definition) is 0. The van der Waals surface area contributed by atoms with E-state index < -0.39 is 12.8 Å². The molecule has 8 atom stereocenters. The SMILES string of the molecule is CC[n+]1nnn2c1[C@@]1([N+](=O)[O-])[C@@H]([C@@H]3[C@H]2[C@H]2C=C[C@@H]3C2)[C@@H]2C=C[C@H]1C2.F[B-](F)(F)F. The molecule has 0 amide bonds. The molecule has 156 valence electrons. The van der Waals surface area contributed by atoms with Crippen LogP contribution >= 0.6 is 0 Å². The average Bonchev–Trinajstić information content (AvgIpc) is 3.43. The van der Waals surface area contributed by atoms with Gasteiger partial charge >= 0.3 is 18.6 Å². The Morgan fingerprint density at radius 2 is 1.86 bits per heavy atom. The van der Waals surface area contributed by atoms with Gasteiger partial charge in [0.05, 0.1) is 18.4 Å². The Hall–Kier alpha value is -2.27. The van der Waals surface area contributed by atoms with Crippen LogP contribution in [0.1, 0.15) is 31.6 Å². The van der Waals surface area contributed by atoms with Crippen molar-refractivity contribution in [1.82, 2.24) is 15.1 Å². The summed E-state index contributed by atoms with van der Waals surface area (Å²) in [5.74, 6) is 2.37. The highest BCUT2D eigenvalue weighted by Crippen LogP contribution is 2.68. The minimum Gasteiger partial charge on any atom is -0.418 e. The molecule has 4 bridgehead atoms. The molecule has 4 aliphatic carbocycles. The van der Waals surface area contributed by atoms with Crippen LogP contribution in [0.4, 0.5) is 17.3 Å². The highest BCUT2D eigenvalue weighted by Gasteiger charge is 2.79. The smallest absolute Gasteiger partial charge is 0.418 e. The Kier molecular flexibility index (Phi) is 3.80. The number of aromatic nitrogens is 4. The number of hydrogen-bond acceptors (Lipinski definition) is 4. The van der Waals surface area contributed by atoms with E-state index in [0.717, 1.165) is 18.7 Å². The molecular formula is C17H20BF4N5O2. The Balaban J connectivity index is 0.000000328. The minimum atomic E-state index is -6.00. The number of tetrazole rings is 1. The lowest BCUT2D eigenvalue weighted by Crippen LogP contribution is -2.62. The highest BCUT2D eigenvalue weighted by molar-refractivity contribution is 6.50. The van der Waals surface area contributed by atoms with Gasteiger partial charge in [-0.2, -0.15) is 0 Å². The first-order chi connectivity index (χ1) is 13.7. The number of halogens is 4. The molecule has 2 saturated carbocycles. The van der Waals surface area contributed by atoms with Gasteiger partial charge in [0.2, 0.25) is 0 Å². The number of fused-ring (bicyclic) bond motifs is 14. The van der Waals surface area contributed by atoms with Crippen LogP contribution in [-0.2, 0) is 12.1 Å². The van der Waals surface area contributed by atoms with Gasteiger partial charge in [-0.1, -0.05) is 29.0 Å². The standard InChI is InChI=1S/C17H20N5O2.BF4/c1-2-20-16-17(22(23)24)12-6-5-10(8-12)14(17)13-9-3-4-11(7-9)15(13)21(16)19-18-20;2-1(3,4)5/h3-6,9-15H,2,7-8H2,1H3;/q+1;-1/t9-,10-,11+,12+,13-,14-,15-,17+;/m1./s1. The van der Waals surface area contributed by atoms with Crippen molar-refractivity contribution < 1.29 is 26.9 Å². The van der Waals surface area contributed by atoms with Crippen molar-refractivity contribution in [2.45, 2.75) is 37.9 Å². The fraction of sp³-hybridized carbons (Fsp3) is 0.706. The Morgan fingerprint density at radius 3 is 2.52 bits per heavy atom. The summed E-state index contributed by atoms with van der Waals surface area (Å²) in [6.45, 7) is 2.62. The summed E-state index contributed by atoms with van der Waals surface area (Å²) >= 11 is 0. The van der Waals surface area contributed by atoms with Gasteiger partial charge in [0, 0.05) is 16.8 Å². The fourth-order valence-corrected chi connectivity index (χ4v) is 6.88.